The van der Waals surface area contributed by atoms with E-state index in [0.29, 0.717) is 31.6 Å². The number of hydrogen-bond acceptors (Lipinski definition) is 4. The Kier molecular flexibility index (Phi) is 11.0. The van der Waals surface area contributed by atoms with Gasteiger partial charge in [0.2, 0.25) is 21.8 Å². The summed E-state index contributed by atoms with van der Waals surface area (Å²) >= 11 is 3.34. The van der Waals surface area contributed by atoms with E-state index in [-0.39, 0.29) is 12.5 Å². The van der Waals surface area contributed by atoms with Gasteiger partial charge >= 0.3 is 0 Å². The number of amides is 2. The van der Waals surface area contributed by atoms with Gasteiger partial charge in [-0.1, -0.05) is 66.5 Å². The van der Waals surface area contributed by atoms with Crippen molar-refractivity contribution in [3.8, 4) is 0 Å². The summed E-state index contributed by atoms with van der Waals surface area (Å²) in [5, 5.41) is 2.92. The largest absolute Gasteiger partial charge is 0.354 e. The van der Waals surface area contributed by atoms with Gasteiger partial charge < -0.3 is 10.2 Å². The number of sulfonamides is 1. The highest BCUT2D eigenvalue weighted by Gasteiger charge is 2.31. The summed E-state index contributed by atoms with van der Waals surface area (Å²) in [6.45, 7) is 4.37. The molecule has 2 rings (SSSR count). The number of rotatable bonds is 13. The first-order valence-electron chi connectivity index (χ1n) is 11.5. The van der Waals surface area contributed by atoms with E-state index < -0.39 is 22.0 Å². The Morgan fingerprint density at radius 2 is 1.68 bits per heavy atom. The van der Waals surface area contributed by atoms with Gasteiger partial charge in [-0.15, -0.1) is 0 Å². The average molecular weight is 553 g/mol. The number of carbonyl (C=O) groups excluding carboxylic acids is 2. The molecule has 0 spiro atoms. The molecule has 0 saturated carbocycles. The molecule has 0 heterocycles. The Bertz CT molecular complexity index is 1030. The Morgan fingerprint density at radius 3 is 2.24 bits per heavy atom. The third-order valence-corrected chi connectivity index (χ3v) is 7.16. The maximum absolute atomic E-state index is 13.5. The highest BCUT2D eigenvalue weighted by Crippen LogP contribution is 2.21. The van der Waals surface area contributed by atoms with E-state index in [2.05, 4.69) is 21.2 Å². The van der Waals surface area contributed by atoms with Gasteiger partial charge in [0.25, 0.3) is 0 Å². The topological polar surface area (TPSA) is 86.8 Å². The normalized spacial score (nSPS) is 12.1. The molecule has 1 atom stereocenters. The summed E-state index contributed by atoms with van der Waals surface area (Å²) in [6, 6.07) is 15.8. The van der Waals surface area contributed by atoms with Crippen LogP contribution in [0.4, 0.5) is 5.69 Å². The molecular weight excluding hydrogens is 518 g/mol. The van der Waals surface area contributed by atoms with Crippen LogP contribution in [0.5, 0.6) is 0 Å². The number of carbonyl (C=O) groups is 2. The Hall–Kier alpha value is -2.39. The number of hydrogen-bond donors (Lipinski definition) is 1. The molecule has 0 bridgehead atoms. The van der Waals surface area contributed by atoms with Crippen molar-refractivity contribution < 1.29 is 18.0 Å². The highest BCUT2D eigenvalue weighted by molar-refractivity contribution is 9.10. The van der Waals surface area contributed by atoms with Crippen molar-refractivity contribution >= 4 is 43.5 Å². The van der Waals surface area contributed by atoms with Crippen LogP contribution in [-0.2, 0) is 26.0 Å². The third kappa shape index (κ3) is 8.43. The fraction of sp³-hybridized carbons (Fsp3) is 0.440. The molecule has 0 aromatic heterocycles. The van der Waals surface area contributed by atoms with Crippen molar-refractivity contribution in [1.29, 1.82) is 0 Å². The average Bonchev–Trinajstić information content (AvgIpc) is 2.80. The Morgan fingerprint density at radius 1 is 1.03 bits per heavy atom. The lowest BCUT2D eigenvalue weighted by molar-refractivity contribution is -0.139. The van der Waals surface area contributed by atoms with E-state index in [1.54, 1.807) is 24.3 Å². The lowest BCUT2D eigenvalue weighted by Gasteiger charge is -2.33. The number of unbranched alkanes of at least 4 members (excludes halogenated alkanes) is 1. The maximum atomic E-state index is 13.5. The molecule has 7 nitrogen and oxygen atoms in total. The van der Waals surface area contributed by atoms with Crippen molar-refractivity contribution in [3.05, 3.63) is 64.6 Å². The Balaban J connectivity index is 2.31. The van der Waals surface area contributed by atoms with Crippen molar-refractivity contribution in [2.75, 3.05) is 30.2 Å². The van der Waals surface area contributed by atoms with Crippen LogP contribution in [0, 0.1) is 0 Å². The SMILES string of the molecule is CCCCNC(=O)[C@H](CC)N(CCc1ccccc1)C(=O)CN(c1ccc(Br)cc1)S(C)(=O)=O. The van der Waals surface area contributed by atoms with Crippen LogP contribution in [0.1, 0.15) is 38.7 Å². The van der Waals surface area contributed by atoms with E-state index in [9.17, 15) is 18.0 Å². The molecule has 0 fully saturated rings. The van der Waals surface area contributed by atoms with E-state index in [4.69, 9.17) is 0 Å². The molecule has 0 aliphatic heterocycles. The number of benzene rings is 2. The molecule has 1 N–H and O–H groups in total. The predicted octanol–water partition coefficient (Wildman–Crippen LogP) is 3.98. The maximum Gasteiger partial charge on any atom is 0.244 e. The summed E-state index contributed by atoms with van der Waals surface area (Å²) in [6.07, 6.45) is 3.86. The van der Waals surface area contributed by atoms with Crippen LogP contribution in [0.2, 0.25) is 0 Å². The first-order chi connectivity index (χ1) is 16.2. The minimum absolute atomic E-state index is 0.216. The second kappa shape index (κ2) is 13.5. The minimum atomic E-state index is -3.73. The first kappa shape index (κ1) is 27.9. The van der Waals surface area contributed by atoms with Gasteiger partial charge in [-0.05, 0) is 49.1 Å². The van der Waals surface area contributed by atoms with Crippen molar-refractivity contribution in [2.24, 2.45) is 0 Å². The standard InChI is InChI=1S/C25H34BrN3O4S/c1-4-6-17-27-25(31)23(5-2)28(18-16-20-10-8-7-9-11-20)24(30)19-29(34(3,32)33)22-14-12-21(26)13-15-22/h7-15,23H,4-6,16-19H2,1-3H3,(H,27,31)/t23-/m0/s1. The van der Waals surface area contributed by atoms with Gasteiger partial charge in [-0.3, -0.25) is 13.9 Å². The third-order valence-electron chi connectivity index (χ3n) is 5.49. The molecule has 2 amide bonds. The summed E-state index contributed by atoms with van der Waals surface area (Å²) in [7, 11) is -3.73. The molecule has 9 heteroatoms. The van der Waals surface area contributed by atoms with Gasteiger partial charge in [0.1, 0.15) is 12.6 Å². The van der Waals surface area contributed by atoms with Gasteiger partial charge in [0, 0.05) is 17.6 Å². The molecular formula is C25H34BrN3O4S. The molecule has 2 aromatic rings. The van der Waals surface area contributed by atoms with Gasteiger partial charge in [0.15, 0.2) is 0 Å². The van der Waals surface area contributed by atoms with E-state index >= 15 is 0 Å². The summed E-state index contributed by atoms with van der Waals surface area (Å²) in [5.74, 6) is -0.631. The molecule has 2 aromatic carbocycles. The second-order valence-electron chi connectivity index (χ2n) is 8.14. The predicted molar refractivity (Wildman–Crippen MR) is 140 cm³/mol. The highest BCUT2D eigenvalue weighted by atomic mass is 79.9. The molecule has 34 heavy (non-hydrogen) atoms. The summed E-state index contributed by atoms with van der Waals surface area (Å²) in [5.41, 5.74) is 1.43. The smallest absolute Gasteiger partial charge is 0.244 e. The number of anilines is 1. The fourth-order valence-corrected chi connectivity index (χ4v) is 4.74. The van der Waals surface area contributed by atoms with Crippen LogP contribution >= 0.6 is 15.9 Å². The molecule has 0 radical (unpaired) electrons. The van der Waals surface area contributed by atoms with Gasteiger partial charge in [-0.2, -0.15) is 0 Å². The molecule has 186 valence electrons. The van der Waals surface area contributed by atoms with E-state index in [0.717, 1.165) is 33.4 Å². The van der Waals surface area contributed by atoms with E-state index in [1.165, 1.54) is 4.90 Å². The zero-order valence-electron chi connectivity index (χ0n) is 20.0. The summed E-state index contributed by atoms with van der Waals surface area (Å²) in [4.78, 5) is 28.0. The first-order valence-corrected chi connectivity index (χ1v) is 14.2. The lowest BCUT2D eigenvalue weighted by atomic mass is 10.1. The summed E-state index contributed by atoms with van der Waals surface area (Å²) < 4.78 is 27.0. The monoisotopic (exact) mass is 551 g/mol. The Labute approximate surface area is 211 Å². The van der Waals surface area contributed by atoms with Gasteiger partial charge in [0.05, 0.1) is 11.9 Å². The number of nitrogens with zero attached hydrogens (tertiary/aromatic N) is 2. The van der Waals surface area contributed by atoms with Crippen molar-refractivity contribution in [1.82, 2.24) is 10.2 Å². The fourth-order valence-electron chi connectivity index (χ4n) is 3.62. The van der Waals surface area contributed by atoms with Crippen molar-refractivity contribution in [3.63, 3.8) is 0 Å². The van der Waals surface area contributed by atoms with Crippen LogP contribution < -0.4 is 9.62 Å². The minimum Gasteiger partial charge on any atom is -0.354 e. The molecule has 0 aliphatic rings. The second-order valence-corrected chi connectivity index (χ2v) is 11.0. The number of nitrogens with one attached hydrogen (secondary N) is 1. The van der Waals surface area contributed by atoms with Gasteiger partial charge in [-0.25, -0.2) is 8.42 Å². The zero-order chi connectivity index (χ0) is 25.1. The van der Waals surface area contributed by atoms with Crippen molar-refractivity contribution in [2.45, 2.75) is 45.6 Å². The number of halogens is 1. The van der Waals surface area contributed by atoms with Crippen LogP contribution in [-0.4, -0.2) is 57.1 Å². The zero-order valence-corrected chi connectivity index (χ0v) is 22.4. The van der Waals surface area contributed by atoms with E-state index in [1.807, 2.05) is 44.2 Å². The molecule has 0 aliphatic carbocycles. The van der Waals surface area contributed by atoms with Crippen LogP contribution in [0.3, 0.4) is 0 Å². The lowest BCUT2D eigenvalue weighted by Crippen LogP contribution is -2.53. The molecule has 0 unspecified atom stereocenters. The quantitative estimate of drug-likeness (QED) is 0.381. The van der Waals surface area contributed by atoms with Crippen LogP contribution in [0.25, 0.3) is 0 Å². The van der Waals surface area contributed by atoms with Crippen LogP contribution in [0.15, 0.2) is 59.1 Å². The molecule has 0 saturated heterocycles.